The van der Waals surface area contributed by atoms with Crippen LogP contribution in [0.2, 0.25) is 0 Å². The largest absolute Gasteiger partial charge is 2.00 e. The molecule has 0 rings (SSSR count). The Bertz CT molecular complexity index is 167. The van der Waals surface area contributed by atoms with Gasteiger partial charge >= 0.3 is 41.9 Å². The van der Waals surface area contributed by atoms with Gasteiger partial charge in [-0.2, -0.15) is 0 Å². The van der Waals surface area contributed by atoms with E-state index in [1.807, 2.05) is 0 Å². The Morgan fingerprint density at radius 3 is 1.08 bits per heavy atom. The SMILES string of the molecule is O=C([O-])[O-].O=S(=O)([O-])[O-].[Al].[Li+].[Mg+2].[OH-]. The maximum Gasteiger partial charge on any atom is 2.00 e. The van der Waals surface area contributed by atoms with E-state index >= 15 is 0 Å². The molecule has 0 aliphatic heterocycles. The molecule has 13 heavy (non-hydrogen) atoms. The van der Waals surface area contributed by atoms with Gasteiger partial charge in [0.05, 0.1) is 0 Å². The van der Waals surface area contributed by atoms with E-state index in [1.54, 1.807) is 0 Å². The first kappa shape index (κ1) is 37.0. The predicted molar refractivity (Wildman–Crippen MR) is 29.3 cm³/mol. The first-order chi connectivity index (χ1) is 3.73. The summed E-state index contributed by atoms with van der Waals surface area (Å²) >= 11 is 0. The van der Waals surface area contributed by atoms with Crippen LogP contribution >= 0.6 is 0 Å². The quantitative estimate of drug-likeness (QED) is 0.224. The summed E-state index contributed by atoms with van der Waals surface area (Å²) in [5, 5.41) is 16.7. The van der Waals surface area contributed by atoms with Gasteiger partial charge in [0.1, 0.15) is 0 Å². The number of hydrogen-bond donors (Lipinski definition) is 0. The summed E-state index contributed by atoms with van der Waals surface area (Å²) < 4.78 is 34.1. The van der Waals surface area contributed by atoms with Gasteiger partial charge in [-0.25, -0.2) is 0 Å². The number of hydrogen-bond acceptors (Lipinski definition) is 8. The third kappa shape index (κ3) is 1580. The summed E-state index contributed by atoms with van der Waals surface area (Å²) in [6, 6.07) is 0. The van der Waals surface area contributed by atoms with Crippen LogP contribution in [0.4, 0.5) is 4.79 Å². The van der Waals surface area contributed by atoms with Crippen molar-refractivity contribution in [1.29, 1.82) is 0 Å². The van der Waals surface area contributed by atoms with Crippen molar-refractivity contribution in [3.8, 4) is 0 Å². The van der Waals surface area contributed by atoms with Crippen LogP contribution in [0.25, 0.3) is 0 Å². The summed E-state index contributed by atoms with van der Waals surface area (Å²) in [7, 11) is -5.17. The van der Waals surface area contributed by atoms with E-state index < -0.39 is 16.6 Å². The first-order valence-electron chi connectivity index (χ1n) is 1.28. The molecule has 3 radical (unpaired) electrons. The predicted octanol–water partition coefficient (Wildman–Crippen LogP) is -7.72. The zero-order chi connectivity index (χ0) is 8.08. The van der Waals surface area contributed by atoms with Crippen molar-refractivity contribution in [2.24, 2.45) is 0 Å². The second-order valence-corrected chi connectivity index (χ2v) is 1.47. The molecule has 0 spiro atoms. The van der Waals surface area contributed by atoms with Crippen LogP contribution in [0, 0.1) is 0 Å². The molecule has 0 aromatic carbocycles. The standard InChI is InChI=1S/CH2O3.Al.Li.Mg.H2O4S.H2O/c2-1(3)4;;;;1-5(2,3)4;/h(H2,2,3,4);;;;(H2,1,2,3,4);1H2/q;;+1;+2;;/p-5. The second-order valence-electron chi connectivity index (χ2n) is 0.658. The average Bonchev–Trinajstić information content (AvgIpc) is 1.19. The van der Waals surface area contributed by atoms with Crippen molar-refractivity contribution >= 4 is 57.0 Å². The molecule has 1 N–H and O–H groups in total. The van der Waals surface area contributed by atoms with Gasteiger partial charge in [-0.3, -0.25) is 8.42 Å². The van der Waals surface area contributed by atoms with Crippen molar-refractivity contribution in [3.63, 3.8) is 0 Å². The molecule has 0 bridgehead atoms. The van der Waals surface area contributed by atoms with Crippen molar-refractivity contribution < 1.29 is 56.9 Å². The molecule has 0 saturated carbocycles. The van der Waals surface area contributed by atoms with E-state index in [9.17, 15) is 0 Å². The fourth-order valence-electron chi connectivity index (χ4n) is 0. The van der Waals surface area contributed by atoms with Crippen LogP contribution in [-0.4, -0.2) is 69.6 Å². The fourth-order valence-corrected chi connectivity index (χ4v) is 0. The van der Waals surface area contributed by atoms with Gasteiger partial charge in [0.2, 0.25) is 0 Å². The number of carbonyl (C=O) groups excluding carboxylic acids is 1. The van der Waals surface area contributed by atoms with Crippen LogP contribution < -0.4 is 29.1 Å². The summed E-state index contributed by atoms with van der Waals surface area (Å²) in [6.45, 7) is 0. The van der Waals surface area contributed by atoms with Gasteiger partial charge < -0.3 is 29.6 Å². The van der Waals surface area contributed by atoms with Crippen LogP contribution in [0.1, 0.15) is 0 Å². The Labute approximate surface area is 113 Å². The Balaban J connectivity index is -0.0000000146. The van der Waals surface area contributed by atoms with Crippen molar-refractivity contribution in [2.45, 2.75) is 0 Å². The fraction of sp³-hybridized carbons (Fsp3) is 0. The van der Waals surface area contributed by atoms with E-state index in [-0.39, 0.29) is 64.8 Å². The van der Waals surface area contributed by atoms with E-state index in [4.69, 9.17) is 32.5 Å². The molecule has 12 heteroatoms. The van der Waals surface area contributed by atoms with Gasteiger partial charge in [-0.05, 0) is 6.16 Å². The maximum atomic E-state index is 8.52. The van der Waals surface area contributed by atoms with Gasteiger partial charge in [0.25, 0.3) is 0 Å². The minimum Gasteiger partial charge on any atom is -0.870 e. The Hall–Kier alpha value is 0.996. The molecule has 0 aliphatic rings. The number of rotatable bonds is 0. The van der Waals surface area contributed by atoms with Gasteiger partial charge in [0.15, 0.2) is 0 Å². The molecule has 0 amide bonds. The maximum absolute atomic E-state index is 8.52. The molecule has 0 saturated heterocycles. The monoisotopic (exact) mass is 231 g/mol. The third-order valence-electron chi connectivity index (χ3n) is 0. The van der Waals surface area contributed by atoms with E-state index in [1.165, 1.54) is 0 Å². The van der Waals surface area contributed by atoms with E-state index in [0.717, 1.165) is 0 Å². The second kappa shape index (κ2) is 18.7. The first-order valence-corrected chi connectivity index (χ1v) is 2.61. The minimum atomic E-state index is -5.17. The average molecular weight is 231 g/mol. The van der Waals surface area contributed by atoms with Gasteiger partial charge in [-0.1, -0.05) is 0 Å². The minimum absolute atomic E-state index is 0. The Morgan fingerprint density at radius 1 is 1.08 bits per heavy atom. The zero-order valence-corrected chi connectivity index (χ0v) is 9.88. The van der Waals surface area contributed by atoms with Crippen LogP contribution in [0.15, 0.2) is 0 Å². The Kier molecular flexibility index (Phi) is 53.2. The molecule has 0 aliphatic carbocycles. The van der Waals surface area contributed by atoms with Gasteiger partial charge in [0, 0.05) is 27.8 Å². The van der Waals surface area contributed by atoms with Crippen LogP contribution in [0.3, 0.4) is 0 Å². The molecule has 0 aromatic heterocycles. The summed E-state index contributed by atoms with van der Waals surface area (Å²) in [5.74, 6) is 0. The zero-order valence-electron chi connectivity index (χ0n) is 6.50. The molecule has 0 aromatic rings. The third-order valence-corrected chi connectivity index (χ3v) is 0. The number of carbonyl (C=O) groups is 1. The molecular formula is CHAlLiMgO8S-2. The topological polar surface area (TPSA) is 173 Å². The molecule has 0 heterocycles. The molecule has 8 nitrogen and oxygen atoms in total. The van der Waals surface area contributed by atoms with E-state index in [0.29, 0.717) is 0 Å². The Morgan fingerprint density at radius 2 is 1.08 bits per heavy atom. The molecule has 0 unspecified atom stereocenters. The molecular weight excluding hydrogens is 230 g/mol. The number of carboxylic acid groups (broad SMARTS) is 2. The van der Waals surface area contributed by atoms with Crippen molar-refractivity contribution in [3.05, 3.63) is 0 Å². The van der Waals surface area contributed by atoms with Crippen LogP contribution in [-0.2, 0) is 10.4 Å². The summed E-state index contributed by atoms with van der Waals surface area (Å²) in [6.07, 6.45) is -2.33. The molecule has 0 atom stereocenters. The summed E-state index contributed by atoms with van der Waals surface area (Å²) in [4.78, 5) is 8.33. The van der Waals surface area contributed by atoms with Crippen molar-refractivity contribution in [1.82, 2.24) is 0 Å². The molecule has 67 valence electrons. The van der Waals surface area contributed by atoms with Gasteiger partial charge in [-0.15, -0.1) is 0 Å². The van der Waals surface area contributed by atoms with E-state index in [2.05, 4.69) is 0 Å². The van der Waals surface area contributed by atoms with Crippen molar-refractivity contribution in [2.75, 3.05) is 0 Å². The summed E-state index contributed by atoms with van der Waals surface area (Å²) in [5.41, 5.74) is 0. The normalized spacial score (nSPS) is 6.31. The molecule has 0 fully saturated rings. The smallest absolute Gasteiger partial charge is 0.870 e. The van der Waals surface area contributed by atoms with Crippen LogP contribution in [0.5, 0.6) is 0 Å².